The van der Waals surface area contributed by atoms with Gasteiger partial charge in [0.1, 0.15) is 0 Å². The lowest BCUT2D eigenvalue weighted by molar-refractivity contribution is 0.0382. The van der Waals surface area contributed by atoms with E-state index in [0.717, 1.165) is 36.5 Å². The van der Waals surface area contributed by atoms with Gasteiger partial charge in [0.2, 0.25) is 0 Å². The first kappa shape index (κ1) is 10.9. The lowest BCUT2D eigenvalue weighted by Crippen LogP contribution is -2.49. The van der Waals surface area contributed by atoms with Gasteiger partial charge in [-0.1, -0.05) is 29.8 Å². The van der Waals surface area contributed by atoms with E-state index >= 15 is 0 Å². The van der Waals surface area contributed by atoms with E-state index in [1.807, 2.05) is 24.3 Å². The molecule has 1 saturated heterocycles. The van der Waals surface area contributed by atoms with Crippen LogP contribution in [0.25, 0.3) is 0 Å². The van der Waals surface area contributed by atoms with Gasteiger partial charge in [-0.3, -0.25) is 0 Å². The van der Waals surface area contributed by atoms with Crippen molar-refractivity contribution in [2.45, 2.75) is 24.8 Å². The Morgan fingerprint density at radius 3 is 2.87 bits per heavy atom. The first-order valence-corrected chi connectivity index (χ1v) is 5.67. The van der Waals surface area contributed by atoms with Gasteiger partial charge < -0.3 is 10.5 Å². The van der Waals surface area contributed by atoms with E-state index in [-0.39, 0.29) is 5.54 Å². The first-order chi connectivity index (χ1) is 7.20. The van der Waals surface area contributed by atoms with Crippen molar-refractivity contribution in [2.24, 2.45) is 5.73 Å². The molecular weight excluding hydrogens is 210 g/mol. The Morgan fingerprint density at radius 2 is 2.20 bits per heavy atom. The number of halogens is 1. The Bertz CT molecular complexity index is 334. The zero-order valence-electron chi connectivity index (χ0n) is 8.71. The molecule has 1 heterocycles. The van der Waals surface area contributed by atoms with Crippen molar-refractivity contribution in [3.63, 3.8) is 0 Å². The maximum atomic E-state index is 6.28. The summed E-state index contributed by atoms with van der Waals surface area (Å²) in [4.78, 5) is 0. The Labute approximate surface area is 95.4 Å². The highest BCUT2D eigenvalue weighted by Crippen LogP contribution is 2.25. The minimum Gasteiger partial charge on any atom is -0.380 e. The third kappa shape index (κ3) is 2.71. The van der Waals surface area contributed by atoms with Gasteiger partial charge >= 0.3 is 0 Å². The van der Waals surface area contributed by atoms with Gasteiger partial charge in [0.25, 0.3) is 0 Å². The van der Waals surface area contributed by atoms with Crippen LogP contribution in [-0.2, 0) is 11.2 Å². The molecule has 0 spiro atoms. The van der Waals surface area contributed by atoms with Crippen LogP contribution in [0.15, 0.2) is 24.3 Å². The van der Waals surface area contributed by atoms with E-state index in [4.69, 9.17) is 22.1 Å². The molecule has 1 aliphatic heterocycles. The van der Waals surface area contributed by atoms with Gasteiger partial charge in [0.15, 0.2) is 0 Å². The van der Waals surface area contributed by atoms with Gasteiger partial charge in [-0.25, -0.2) is 0 Å². The lowest BCUT2D eigenvalue weighted by Gasteiger charge is -2.33. The quantitative estimate of drug-likeness (QED) is 0.839. The molecule has 0 aliphatic carbocycles. The van der Waals surface area contributed by atoms with Crippen LogP contribution >= 0.6 is 11.6 Å². The highest BCUT2D eigenvalue weighted by atomic mass is 35.5. The minimum absolute atomic E-state index is 0.233. The summed E-state index contributed by atoms with van der Waals surface area (Å²) < 4.78 is 5.43. The van der Waals surface area contributed by atoms with Gasteiger partial charge in [-0.15, -0.1) is 0 Å². The number of rotatable bonds is 2. The maximum absolute atomic E-state index is 6.28. The number of nitrogens with two attached hydrogens (primary N) is 1. The summed E-state index contributed by atoms with van der Waals surface area (Å²) in [5, 5.41) is 0.799. The van der Waals surface area contributed by atoms with Crippen molar-refractivity contribution in [3.05, 3.63) is 34.9 Å². The summed E-state index contributed by atoms with van der Waals surface area (Å²) in [5.74, 6) is 0. The fourth-order valence-electron chi connectivity index (χ4n) is 2.03. The summed E-state index contributed by atoms with van der Waals surface area (Å²) in [6, 6.07) is 7.87. The second-order valence-electron chi connectivity index (χ2n) is 4.29. The van der Waals surface area contributed by atoms with Gasteiger partial charge in [0.05, 0.1) is 6.61 Å². The summed E-state index contributed by atoms with van der Waals surface area (Å²) >= 11 is 6.11. The Balaban J connectivity index is 2.10. The molecule has 2 nitrogen and oxygen atoms in total. The standard InChI is InChI=1S/C12H16ClNO/c13-11-5-2-1-4-10(11)8-12(14)6-3-7-15-9-12/h1-2,4-5H,3,6-9,14H2. The lowest BCUT2D eigenvalue weighted by atomic mass is 9.87. The van der Waals surface area contributed by atoms with Crippen LogP contribution in [0.2, 0.25) is 5.02 Å². The molecule has 82 valence electrons. The molecule has 1 unspecified atom stereocenters. The van der Waals surface area contributed by atoms with Crippen LogP contribution < -0.4 is 5.73 Å². The molecule has 2 rings (SSSR count). The van der Waals surface area contributed by atoms with Crippen LogP contribution in [0.3, 0.4) is 0 Å². The van der Waals surface area contributed by atoms with Crippen LogP contribution in [0.1, 0.15) is 18.4 Å². The van der Waals surface area contributed by atoms with E-state index in [1.165, 1.54) is 0 Å². The molecule has 0 saturated carbocycles. The van der Waals surface area contributed by atoms with E-state index < -0.39 is 0 Å². The van der Waals surface area contributed by atoms with E-state index in [9.17, 15) is 0 Å². The van der Waals surface area contributed by atoms with E-state index in [2.05, 4.69) is 0 Å². The van der Waals surface area contributed by atoms with Crippen molar-refractivity contribution in [2.75, 3.05) is 13.2 Å². The largest absolute Gasteiger partial charge is 0.380 e. The van der Waals surface area contributed by atoms with Gasteiger partial charge in [-0.05, 0) is 30.9 Å². The number of benzene rings is 1. The Morgan fingerprint density at radius 1 is 1.40 bits per heavy atom. The minimum atomic E-state index is -0.233. The van der Waals surface area contributed by atoms with E-state index in [0.29, 0.717) is 6.61 Å². The second-order valence-corrected chi connectivity index (χ2v) is 4.69. The average molecular weight is 226 g/mol. The molecule has 1 aromatic rings. The fraction of sp³-hybridized carbons (Fsp3) is 0.500. The summed E-state index contributed by atoms with van der Waals surface area (Å²) in [6.07, 6.45) is 2.85. The normalized spacial score (nSPS) is 26.5. The van der Waals surface area contributed by atoms with Crippen LogP contribution in [0.5, 0.6) is 0 Å². The number of hydrogen-bond acceptors (Lipinski definition) is 2. The highest BCUT2D eigenvalue weighted by molar-refractivity contribution is 6.31. The molecule has 1 aliphatic rings. The molecule has 1 atom stereocenters. The summed E-state index contributed by atoms with van der Waals surface area (Å²) in [6.45, 7) is 1.47. The zero-order chi connectivity index (χ0) is 10.7. The van der Waals surface area contributed by atoms with Crippen LogP contribution in [-0.4, -0.2) is 18.8 Å². The monoisotopic (exact) mass is 225 g/mol. The summed E-state index contributed by atoms with van der Waals surface area (Å²) in [7, 11) is 0. The predicted molar refractivity (Wildman–Crippen MR) is 62.1 cm³/mol. The fourth-order valence-corrected chi connectivity index (χ4v) is 2.24. The third-order valence-electron chi connectivity index (χ3n) is 2.85. The van der Waals surface area contributed by atoms with Crippen molar-refractivity contribution in [1.82, 2.24) is 0 Å². The van der Waals surface area contributed by atoms with Crippen molar-refractivity contribution < 1.29 is 4.74 Å². The topological polar surface area (TPSA) is 35.2 Å². The van der Waals surface area contributed by atoms with Crippen molar-refractivity contribution in [3.8, 4) is 0 Å². The Hall–Kier alpha value is -0.570. The van der Waals surface area contributed by atoms with Gasteiger partial charge in [0, 0.05) is 17.2 Å². The molecule has 0 radical (unpaired) electrons. The molecule has 1 aromatic carbocycles. The number of hydrogen-bond donors (Lipinski definition) is 1. The average Bonchev–Trinajstić information content (AvgIpc) is 2.22. The molecule has 0 bridgehead atoms. The van der Waals surface area contributed by atoms with Gasteiger partial charge in [-0.2, -0.15) is 0 Å². The number of ether oxygens (including phenoxy) is 1. The van der Waals surface area contributed by atoms with Crippen molar-refractivity contribution in [1.29, 1.82) is 0 Å². The highest BCUT2D eigenvalue weighted by Gasteiger charge is 2.28. The van der Waals surface area contributed by atoms with Crippen LogP contribution in [0, 0.1) is 0 Å². The first-order valence-electron chi connectivity index (χ1n) is 5.30. The molecule has 1 fully saturated rings. The SMILES string of the molecule is NC1(Cc2ccccc2Cl)CCCOC1. The Kier molecular flexibility index (Phi) is 3.29. The molecule has 0 amide bonds. The maximum Gasteiger partial charge on any atom is 0.0649 e. The van der Waals surface area contributed by atoms with Crippen LogP contribution in [0.4, 0.5) is 0 Å². The molecule has 2 N–H and O–H groups in total. The van der Waals surface area contributed by atoms with E-state index in [1.54, 1.807) is 0 Å². The molecule has 0 aromatic heterocycles. The smallest absolute Gasteiger partial charge is 0.0649 e. The molecule has 3 heteroatoms. The molecule has 15 heavy (non-hydrogen) atoms. The predicted octanol–water partition coefficient (Wildman–Crippen LogP) is 2.39. The summed E-state index contributed by atoms with van der Waals surface area (Å²) in [5.41, 5.74) is 7.16. The molecular formula is C12H16ClNO. The van der Waals surface area contributed by atoms with Crippen molar-refractivity contribution >= 4 is 11.6 Å². The third-order valence-corrected chi connectivity index (χ3v) is 3.22. The second kappa shape index (κ2) is 4.52. The zero-order valence-corrected chi connectivity index (χ0v) is 9.46.